The van der Waals surface area contributed by atoms with E-state index in [2.05, 4.69) is 26.6 Å². The number of nitrogens with zero attached hydrogens (tertiary/aromatic N) is 2. The molecule has 2 N–H and O–H groups in total. The van der Waals surface area contributed by atoms with Crippen LogP contribution in [0.25, 0.3) is 11.1 Å². The van der Waals surface area contributed by atoms with E-state index < -0.39 is 0 Å². The van der Waals surface area contributed by atoms with Gasteiger partial charge in [-0.25, -0.2) is 0 Å². The molecule has 0 aliphatic heterocycles. The average molecular weight is 356 g/mol. The Bertz CT molecular complexity index is 879. The fourth-order valence-corrected chi connectivity index (χ4v) is 2.45. The number of hydrogen-bond acceptors (Lipinski definition) is 4. The van der Waals surface area contributed by atoms with Gasteiger partial charge in [-0.1, -0.05) is 11.6 Å². The number of pyridine rings is 1. The highest BCUT2D eigenvalue weighted by atomic mass is 35.5. The predicted octanol–water partition coefficient (Wildman–Crippen LogP) is 3.04. The predicted molar refractivity (Wildman–Crippen MR) is 94.7 cm³/mol. The van der Waals surface area contributed by atoms with Gasteiger partial charge in [0.05, 0.1) is 12.2 Å². The molecule has 7 heteroatoms. The fourth-order valence-electron chi connectivity index (χ4n) is 2.29. The minimum absolute atomic E-state index is 0.276. The van der Waals surface area contributed by atoms with Gasteiger partial charge in [0.25, 0.3) is 5.91 Å². The van der Waals surface area contributed by atoms with Crippen LogP contribution in [-0.2, 0) is 0 Å². The quantitative estimate of drug-likeness (QED) is 0.666. The van der Waals surface area contributed by atoms with Gasteiger partial charge in [0, 0.05) is 23.0 Å². The summed E-state index contributed by atoms with van der Waals surface area (Å²) in [6.45, 7) is 2.61. The van der Waals surface area contributed by atoms with Crippen molar-refractivity contribution in [2.75, 3.05) is 13.2 Å². The number of benzene rings is 1. The van der Waals surface area contributed by atoms with Crippen LogP contribution in [0, 0.1) is 13.0 Å². The number of H-pyrrole nitrogens is 1. The highest BCUT2D eigenvalue weighted by molar-refractivity contribution is 6.30. The summed E-state index contributed by atoms with van der Waals surface area (Å²) in [4.78, 5) is 15.9. The molecule has 0 aliphatic rings. The number of aromatic nitrogens is 3. The van der Waals surface area contributed by atoms with E-state index in [1.807, 2.05) is 25.3 Å². The van der Waals surface area contributed by atoms with Crippen LogP contribution < -0.4 is 10.1 Å². The first-order valence-electron chi connectivity index (χ1n) is 7.68. The van der Waals surface area contributed by atoms with Crippen LogP contribution in [0.2, 0.25) is 5.02 Å². The third-order valence-electron chi connectivity index (χ3n) is 3.52. The van der Waals surface area contributed by atoms with Crippen molar-refractivity contribution >= 4 is 17.5 Å². The molecule has 0 fully saturated rings. The normalized spacial score (nSPS) is 10.5. The van der Waals surface area contributed by atoms with E-state index >= 15 is 0 Å². The molecule has 0 unspecified atom stereocenters. The maximum Gasteiger partial charge on any atom is 0.270 e. The third kappa shape index (κ3) is 4.36. The summed E-state index contributed by atoms with van der Waals surface area (Å²) in [5, 5.41) is 10.2. The van der Waals surface area contributed by atoms with E-state index in [-0.39, 0.29) is 11.6 Å². The summed E-state index contributed by atoms with van der Waals surface area (Å²) in [5.74, 6) is 0.383. The van der Waals surface area contributed by atoms with Gasteiger partial charge < -0.3 is 10.1 Å². The molecule has 6 nitrogen and oxygen atoms in total. The maximum absolute atomic E-state index is 12.0. The minimum atomic E-state index is -0.291. The monoisotopic (exact) mass is 355 g/mol. The Kier molecular flexibility index (Phi) is 5.30. The van der Waals surface area contributed by atoms with Gasteiger partial charge in [-0.3, -0.25) is 14.9 Å². The lowest BCUT2D eigenvalue weighted by atomic mass is 10.1. The number of carbonyl (C=O) groups excluding carboxylic acids is 1. The highest BCUT2D eigenvalue weighted by Crippen LogP contribution is 2.24. The first-order valence-corrected chi connectivity index (χ1v) is 8.06. The topological polar surface area (TPSA) is 79.9 Å². The molecule has 2 heterocycles. The van der Waals surface area contributed by atoms with E-state index in [0.29, 0.717) is 23.9 Å². The Morgan fingerprint density at radius 3 is 3.04 bits per heavy atom. The second-order valence-corrected chi connectivity index (χ2v) is 5.74. The molecule has 0 saturated carbocycles. The number of carbonyl (C=O) groups is 1. The van der Waals surface area contributed by atoms with E-state index in [0.717, 1.165) is 16.8 Å². The Labute approximate surface area is 150 Å². The molecule has 127 valence electrons. The zero-order valence-corrected chi connectivity index (χ0v) is 14.3. The molecule has 0 bridgehead atoms. The van der Waals surface area contributed by atoms with Crippen molar-refractivity contribution in [3.63, 3.8) is 0 Å². The van der Waals surface area contributed by atoms with Gasteiger partial charge in [-0.2, -0.15) is 5.10 Å². The second kappa shape index (κ2) is 7.81. The Balaban J connectivity index is 1.53. The van der Waals surface area contributed by atoms with Crippen LogP contribution in [0.3, 0.4) is 0 Å². The number of aromatic amines is 1. The molecule has 3 rings (SSSR count). The SMILES string of the molecule is Cc1n[nH]cc1-c1c[c]cc(OCCNC(=O)c2cc(Cl)ccn2)c1. The van der Waals surface area contributed by atoms with Crippen molar-refractivity contribution in [1.82, 2.24) is 20.5 Å². The van der Waals surface area contributed by atoms with E-state index in [4.69, 9.17) is 16.3 Å². The third-order valence-corrected chi connectivity index (χ3v) is 3.75. The number of ether oxygens (including phenoxy) is 1. The number of amides is 1. The fraction of sp³-hybridized carbons (Fsp3) is 0.167. The summed E-state index contributed by atoms with van der Waals surface area (Å²) in [6.07, 6.45) is 3.33. The molecule has 0 saturated heterocycles. The van der Waals surface area contributed by atoms with Crippen LogP contribution in [0.4, 0.5) is 0 Å². The molecule has 1 radical (unpaired) electrons. The zero-order valence-electron chi connectivity index (χ0n) is 13.5. The number of aryl methyl sites for hydroxylation is 1. The van der Waals surface area contributed by atoms with Crippen molar-refractivity contribution in [3.8, 4) is 16.9 Å². The molecule has 1 amide bonds. The molecule has 3 aromatic rings. The number of hydrogen-bond donors (Lipinski definition) is 2. The number of halogens is 1. The van der Waals surface area contributed by atoms with Crippen LogP contribution in [-0.4, -0.2) is 34.2 Å². The number of rotatable bonds is 6. The van der Waals surface area contributed by atoms with Gasteiger partial charge in [0.1, 0.15) is 18.1 Å². The maximum atomic E-state index is 12.0. The smallest absolute Gasteiger partial charge is 0.270 e. The van der Waals surface area contributed by atoms with E-state index in [1.54, 1.807) is 12.1 Å². The van der Waals surface area contributed by atoms with E-state index in [1.165, 1.54) is 12.3 Å². The molecule has 25 heavy (non-hydrogen) atoms. The Morgan fingerprint density at radius 2 is 2.28 bits per heavy atom. The molecular formula is C18H16ClN4O2. The summed E-state index contributed by atoms with van der Waals surface area (Å²) in [7, 11) is 0. The lowest BCUT2D eigenvalue weighted by Crippen LogP contribution is -2.28. The first-order chi connectivity index (χ1) is 12.1. The Morgan fingerprint density at radius 1 is 1.40 bits per heavy atom. The van der Waals surface area contributed by atoms with Gasteiger partial charge in [0.15, 0.2) is 0 Å². The summed E-state index contributed by atoms with van der Waals surface area (Å²) >= 11 is 5.84. The van der Waals surface area contributed by atoms with Crippen molar-refractivity contribution in [3.05, 3.63) is 65.2 Å². The summed E-state index contributed by atoms with van der Waals surface area (Å²) in [6, 6.07) is 11.7. The summed E-state index contributed by atoms with van der Waals surface area (Å²) < 4.78 is 5.67. The van der Waals surface area contributed by atoms with Crippen molar-refractivity contribution < 1.29 is 9.53 Å². The first kappa shape index (κ1) is 17.0. The van der Waals surface area contributed by atoms with Crippen molar-refractivity contribution in [2.24, 2.45) is 0 Å². The van der Waals surface area contributed by atoms with Gasteiger partial charge >= 0.3 is 0 Å². The standard InChI is InChI=1S/C18H16ClN4O2/c1-12-16(11-22-23-12)13-3-2-4-15(9-13)25-8-7-21-18(24)17-10-14(19)5-6-20-17/h3-6,9-11H,7-8H2,1H3,(H,21,24)(H,22,23). The van der Waals surface area contributed by atoms with Crippen LogP contribution >= 0.6 is 11.6 Å². The van der Waals surface area contributed by atoms with Crippen molar-refractivity contribution in [1.29, 1.82) is 0 Å². The minimum Gasteiger partial charge on any atom is -0.492 e. The average Bonchev–Trinajstić information content (AvgIpc) is 3.05. The largest absolute Gasteiger partial charge is 0.492 e. The molecular weight excluding hydrogens is 340 g/mol. The van der Waals surface area contributed by atoms with Gasteiger partial charge in [-0.15, -0.1) is 0 Å². The van der Waals surface area contributed by atoms with E-state index in [9.17, 15) is 4.79 Å². The second-order valence-electron chi connectivity index (χ2n) is 5.31. The Hall–Kier alpha value is -2.86. The van der Waals surface area contributed by atoms with Crippen LogP contribution in [0.1, 0.15) is 16.2 Å². The van der Waals surface area contributed by atoms with Crippen molar-refractivity contribution in [2.45, 2.75) is 6.92 Å². The van der Waals surface area contributed by atoms with Crippen LogP contribution in [0.5, 0.6) is 5.75 Å². The van der Waals surface area contributed by atoms with Gasteiger partial charge in [-0.05, 0) is 48.9 Å². The van der Waals surface area contributed by atoms with Crippen LogP contribution in [0.15, 0.2) is 42.7 Å². The zero-order chi connectivity index (χ0) is 17.6. The lowest BCUT2D eigenvalue weighted by molar-refractivity contribution is 0.0942. The molecule has 0 spiro atoms. The highest BCUT2D eigenvalue weighted by Gasteiger charge is 2.08. The van der Waals surface area contributed by atoms with Gasteiger partial charge in [0.2, 0.25) is 0 Å². The number of nitrogens with one attached hydrogen (secondary N) is 2. The lowest BCUT2D eigenvalue weighted by Gasteiger charge is -2.09. The molecule has 0 aliphatic carbocycles. The molecule has 0 atom stereocenters. The molecule has 2 aromatic heterocycles. The molecule has 1 aromatic carbocycles. The summed E-state index contributed by atoms with van der Waals surface area (Å²) in [5.41, 5.74) is 3.16.